The number of ether oxygens (including phenoxy) is 1. The summed E-state index contributed by atoms with van der Waals surface area (Å²) in [5.74, 6) is 1.18. The number of hydrogen-bond donors (Lipinski definition) is 0. The molecule has 186 valence electrons. The van der Waals surface area contributed by atoms with E-state index in [-0.39, 0.29) is 5.75 Å². The molecule has 2 aromatic rings. The van der Waals surface area contributed by atoms with Gasteiger partial charge in [-0.15, -0.1) is 0 Å². The molecule has 0 unspecified atom stereocenters. The van der Waals surface area contributed by atoms with Gasteiger partial charge >= 0.3 is 0 Å². The van der Waals surface area contributed by atoms with Crippen molar-refractivity contribution < 1.29 is 13.5 Å². The van der Waals surface area contributed by atoms with Crippen LogP contribution in [-0.2, 0) is 6.42 Å². The van der Waals surface area contributed by atoms with Gasteiger partial charge in [0.25, 0.3) is 0 Å². The molecule has 0 spiro atoms. The Balaban J connectivity index is 1.24. The SMILES string of the molecule is CCCc1ccc(OCC2CCC(c3ccc(C4CCC(CCC)CC4)cc3)CC2)c(F)c1F. The van der Waals surface area contributed by atoms with Gasteiger partial charge in [-0.3, -0.25) is 0 Å². The molecule has 1 nitrogen and oxygen atoms in total. The molecule has 0 radical (unpaired) electrons. The van der Waals surface area contributed by atoms with Crippen LogP contribution in [0.3, 0.4) is 0 Å². The summed E-state index contributed by atoms with van der Waals surface area (Å²) in [7, 11) is 0. The second-order valence-corrected chi connectivity index (χ2v) is 10.8. The van der Waals surface area contributed by atoms with E-state index in [1.54, 1.807) is 12.1 Å². The molecule has 0 atom stereocenters. The lowest BCUT2D eigenvalue weighted by atomic mass is 9.76. The highest BCUT2D eigenvalue weighted by atomic mass is 19.2. The predicted molar refractivity (Wildman–Crippen MR) is 137 cm³/mol. The molecule has 0 saturated heterocycles. The Morgan fingerprint density at radius 1 is 0.676 bits per heavy atom. The van der Waals surface area contributed by atoms with Gasteiger partial charge in [0, 0.05) is 0 Å². The highest BCUT2D eigenvalue weighted by molar-refractivity contribution is 5.31. The fraction of sp³-hybridized carbons (Fsp3) is 0.613. The van der Waals surface area contributed by atoms with Gasteiger partial charge in [-0.05, 0) is 104 Å². The summed E-state index contributed by atoms with van der Waals surface area (Å²) in [5.41, 5.74) is 3.42. The summed E-state index contributed by atoms with van der Waals surface area (Å²) in [4.78, 5) is 0. The molecule has 3 heteroatoms. The van der Waals surface area contributed by atoms with Gasteiger partial charge in [0.15, 0.2) is 11.6 Å². The van der Waals surface area contributed by atoms with Crippen LogP contribution in [0.5, 0.6) is 5.75 Å². The van der Waals surface area contributed by atoms with Crippen LogP contribution in [0.15, 0.2) is 36.4 Å². The van der Waals surface area contributed by atoms with Crippen molar-refractivity contribution in [3.05, 3.63) is 64.7 Å². The maximum absolute atomic E-state index is 14.3. The average Bonchev–Trinajstić information content (AvgIpc) is 2.88. The molecule has 2 saturated carbocycles. The highest BCUT2D eigenvalue weighted by Crippen LogP contribution is 2.40. The number of halogens is 2. The van der Waals surface area contributed by atoms with Gasteiger partial charge in [0.1, 0.15) is 0 Å². The highest BCUT2D eigenvalue weighted by Gasteiger charge is 2.25. The van der Waals surface area contributed by atoms with Crippen LogP contribution in [0.1, 0.15) is 113 Å². The summed E-state index contributed by atoms with van der Waals surface area (Å²) in [6, 6.07) is 12.8. The minimum Gasteiger partial charge on any atom is -0.490 e. The predicted octanol–water partition coefficient (Wildman–Crippen LogP) is 9.34. The third-order valence-electron chi connectivity index (χ3n) is 8.39. The van der Waals surface area contributed by atoms with Crippen molar-refractivity contribution in [1.29, 1.82) is 0 Å². The summed E-state index contributed by atoms with van der Waals surface area (Å²) >= 11 is 0. The van der Waals surface area contributed by atoms with Crippen LogP contribution in [0.4, 0.5) is 8.78 Å². The Bertz CT molecular complexity index is 890. The zero-order valence-electron chi connectivity index (χ0n) is 21.1. The average molecular weight is 469 g/mol. The normalized spacial score (nSPS) is 25.3. The van der Waals surface area contributed by atoms with Crippen LogP contribution in [-0.4, -0.2) is 6.61 Å². The van der Waals surface area contributed by atoms with E-state index < -0.39 is 11.6 Å². The minimum absolute atomic E-state index is 0.0544. The van der Waals surface area contributed by atoms with Crippen molar-refractivity contribution in [3.63, 3.8) is 0 Å². The van der Waals surface area contributed by atoms with E-state index in [2.05, 4.69) is 31.2 Å². The Hall–Kier alpha value is -1.90. The zero-order chi connectivity index (χ0) is 23.9. The van der Waals surface area contributed by atoms with E-state index in [1.165, 1.54) is 49.7 Å². The van der Waals surface area contributed by atoms with Gasteiger partial charge in [-0.2, -0.15) is 4.39 Å². The lowest BCUT2D eigenvalue weighted by Gasteiger charge is -2.30. The molecule has 34 heavy (non-hydrogen) atoms. The minimum atomic E-state index is -0.835. The Morgan fingerprint density at radius 2 is 1.24 bits per heavy atom. The van der Waals surface area contributed by atoms with Crippen LogP contribution in [0.2, 0.25) is 0 Å². The van der Waals surface area contributed by atoms with Gasteiger partial charge in [0.2, 0.25) is 5.82 Å². The van der Waals surface area contributed by atoms with Crippen molar-refractivity contribution >= 4 is 0 Å². The number of rotatable bonds is 9. The van der Waals surface area contributed by atoms with Gasteiger partial charge in [-0.25, -0.2) is 4.39 Å². The first-order valence-electron chi connectivity index (χ1n) is 13.8. The van der Waals surface area contributed by atoms with E-state index >= 15 is 0 Å². The van der Waals surface area contributed by atoms with Gasteiger partial charge < -0.3 is 4.74 Å². The molecule has 0 bridgehead atoms. The third-order valence-corrected chi connectivity index (χ3v) is 8.39. The first-order valence-corrected chi connectivity index (χ1v) is 13.8. The molecular formula is C31H42F2O. The van der Waals surface area contributed by atoms with Crippen molar-refractivity contribution in [2.45, 2.75) is 103 Å². The van der Waals surface area contributed by atoms with Crippen LogP contribution >= 0.6 is 0 Å². The quantitative estimate of drug-likeness (QED) is 0.356. The molecule has 2 aliphatic rings. The van der Waals surface area contributed by atoms with E-state index in [0.29, 0.717) is 30.4 Å². The summed E-state index contributed by atoms with van der Waals surface area (Å²) in [6.45, 7) is 4.74. The first kappa shape index (κ1) is 25.2. The van der Waals surface area contributed by atoms with Crippen molar-refractivity contribution in [3.8, 4) is 5.75 Å². The molecule has 4 rings (SSSR count). The summed E-state index contributed by atoms with van der Waals surface area (Å²) in [5, 5.41) is 0. The second-order valence-electron chi connectivity index (χ2n) is 10.8. The maximum atomic E-state index is 14.3. The van der Waals surface area contributed by atoms with Crippen molar-refractivity contribution in [2.24, 2.45) is 11.8 Å². The third kappa shape index (κ3) is 6.20. The van der Waals surface area contributed by atoms with Crippen molar-refractivity contribution in [1.82, 2.24) is 0 Å². The molecule has 2 fully saturated rings. The van der Waals surface area contributed by atoms with Crippen LogP contribution < -0.4 is 4.74 Å². The molecule has 0 N–H and O–H groups in total. The van der Waals surface area contributed by atoms with E-state index in [9.17, 15) is 8.78 Å². The van der Waals surface area contributed by atoms with E-state index in [4.69, 9.17) is 4.74 Å². The first-order chi connectivity index (χ1) is 16.6. The molecule has 0 aliphatic heterocycles. The molecular weight excluding hydrogens is 426 g/mol. The lowest BCUT2D eigenvalue weighted by Crippen LogP contribution is -2.20. The Morgan fingerprint density at radius 3 is 1.76 bits per heavy atom. The topological polar surface area (TPSA) is 9.23 Å². The van der Waals surface area contributed by atoms with Gasteiger partial charge in [-0.1, -0.05) is 63.4 Å². The smallest absolute Gasteiger partial charge is 0.200 e. The largest absolute Gasteiger partial charge is 0.490 e. The van der Waals surface area contributed by atoms with E-state index in [1.807, 2.05) is 6.92 Å². The molecule has 0 heterocycles. The summed E-state index contributed by atoms with van der Waals surface area (Å²) < 4.78 is 34.3. The van der Waals surface area contributed by atoms with Crippen LogP contribution in [0.25, 0.3) is 0 Å². The fourth-order valence-corrected chi connectivity index (χ4v) is 6.25. The molecule has 2 aliphatic carbocycles. The lowest BCUT2D eigenvalue weighted by molar-refractivity contribution is 0.192. The summed E-state index contributed by atoms with van der Waals surface area (Å²) in [6.07, 6.45) is 14.0. The Kier molecular flexibility index (Phi) is 9.03. The fourth-order valence-electron chi connectivity index (χ4n) is 6.25. The van der Waals surface area contributed by atoms with Gasteiger partial charge in [0.05, 0.1) is 6.61 Å². The van der Waals surface area contributed by atoms with E-state index in [0.717, 1.165) is 43.9 Å². The number of aryl methyl sites for hydroxylation is 1. The number of benzene rings is 2. The monoisotopic (exact) mass is 468 g/mol. The standard InChI is InChI=1S/C31H42F2O/c1-3-5-22-7-11-24(12-8-22)26-15-17-27(18-16-26)25-13-9-23(10-14-25)21-34-29-20-19-28(6-4-2)30(32)31(29)33/h15-20,22-25H,3-14,21H2,1-2H3. The molecule has 0 aromatic heterocycles. The molecule has 2 aromatic carbocycles. The second kappa shape index (κ2) is 12.2. The molecule has 0 amide bonds. The number of hydrogen-bond acceptors (Lipinski definition) is 1. The Labute approximate surface area is 205 Å². The van der Waals surface area contributed by atoms with Crippen molar-refractivity contribution in [2.75, 3.05) is 6.61 Å². The van der Waals surface area contributed by atoms with Crippen LogP contribution in [0, 0.1) is 23.5 Å². The maximum Gasteiger partial charge on any atom is 0.200 e. The zero-order valence-corrected chi connectivity index (χ0v) is 21.1.